The smallest absolute Gasteiger partial charge is 0.338 e. The number of benzene rings is 3. The van der Waals surface area contributed by atoms with Crippen LogP contribution in [0, 0.1) is 0 Å². The molecule has 194 valence electrons. The van der Waals surface area contributed by atoms with E-state index in [2.05, 4.69) is 10.6 Å². The van der Waals surface area contributed by atoms with Crippen molar-refractivity contribution in [1.82, 2.24) is 4.90 Å². The lowest BCUT2D eigenvalue weighted by atomic mass is 10.1. The topological polar surface area (TPSA) is 105 Å². The number of ether oxygens (including phenoxy) is 1. The van der Waals surface area contributed by atoms with Crippen LogP contribution >= 0.6 is 11.6 Å². The number of unbranched alkanes of at least 4 members (excludes halogenated alkanes) is 1. The van der Waals surface area contributed by atoms with E-state index in [0.717, 1.165) is 23.3 Å². The maximum absolute atomic E-state index is 12.9. The van der Waals surface area contributed by atoms with Crippen LogP contribution in [-0.2, 0) is 20.9 Å². The number of carbonyl (C=O) groups is 4. The average Bonchev–Trinajstić information content (AvgIpc) is 3.12. The van der Waals surface area contributed by atoms with Gasteiger partial charge in [0.15, 0.2) is 0 Å². The molecule has 3 aromatic rings. The van der Waals surface area contributed by atoms with Crippen LogP contribution in [0.3, 0.4) is 0 Å². The maximum atomic E-state index is 12.9. The van der Waals surface area contributed by atoms with Crippen molar-refractivity contribution in [3.05, 3.63) is 106 Å². The summed E-state index contributed by atoms with van der Waals surface area (Å²) in [6.45, 7) is 2.43. The summed E-state index contributed by atoms with van der Waals surface area (Å²) in [5.41, 5.74) is 2.19. The number of amides is 3. The van der Waals surface area contributed by atoms with E-state index >= 15 is 0 Å². The Morgan fingerprint density at radius 1 is 0.868 bits per heavy atom. The van der Waals surface area contributed by atoms with Crippen LogP contribution in [0.15, 0.2) is 89.6 Å². The average molecular weight is 532 g/mol. The second-order valence-electron chi connectivity index (χ2n) is 8.60. The molecule has 0 saturated carbocycles. The molecule has 0 atom stereocenters. The van der Waals surface area contributed by atoms with E-state index in [1.54, 1.807) is 42.5 Å². The predicted molar refractivity (Wildman–Crippen MR) is 145 cm³/mol. The molecule has 0 saturated heterocycles. The number of anilines is 2. The fraction of sp³-hybridized carbons (Fsp3) is 0.172. The minimum atomic E-state index is -0.593. The molecule has 0 spiro atoms. The van der Waals surface area contributed by atoms with Crippen molar-refractivity contribution in [2.24, 2.45) is 0 Å². The van der Waals surface area contributed by atoms with Crippen molar-refractivity contribution >= 4 is 46.7 Å². The van der Waals surface area contributed by atoms with Gasteiger partial charge in [-0.25, -0.2) is 4.79 Å². The van der Waals surface area contributed by atoms with E-state index in [1.165, 1.54) is 6.07 Å². The van der Waals surface area contributed by atoms with Gasteiger partial charge in [0.2, 0.25) is 0 Å². The van der Waals surface area contributed by atoms with Crippen molar-refractivity contribution in [3.63, 3.8) is 0 Å². The van der Waals surface area contributed by atoms with Crippen LogP contribution in [0.2, 0.25) is 0 Å². The highest BCUT2D eigenvalue weighted by atomic mass is 35.5. The Morgan fingerprint density at radius 3 is 2.29 bits per heavy atom. The number of imide groups is 1. The fourth-order valence-corrected chi connectivity index (χ4v) is 4.00. The zero-order chi connectivity index (χ0) is 27.1. The molecule has 9 heteroatoms. The van der Waals surface area contributed by atoms with Gasteiger partial charge < -0.3 is 15.4 Å². The molecule has 1 aliphatic heterocycles. The van der Waals surface area contributed by atoms with E-state index in [-0.39, 0.29) is 17.3 Å². The third-order valence-corrected chi connectivity index (χ3v) is 6.13. The molecule has 0 aromatic heterocycles. The lowest BCUT2D eigenvalue weighted by molar-refractivity contribution is -0.138. The van der Waals surface area contributed by atoms with E-state index in [0.29, 0.717) is 29.1 Å². The molecule has 2 N–H and O–H groups in total. The van der Waals surface area contributed by atoms with Crippen LogP contribution in [-0.4, -0.2) is 35.2 Å². The molecule has 8 nitrogen and oxygen atoms in total. The number of hydrogen-bond donors (Lipinski definition) is 2. The number of carbonyl (C=O) groups excluding carboxylic acids is 4. The lowest BCUT2D eigenvalue weighted by Gasteiger charge is -2.15. The predicted octanol–water partition coefficient (Wildman–Crippen LogP) is 5.33. The molecule has 1 aliphatic rings. The Hall–Kier alpha value is -4.43. The van der Waals surface area contributed by atoms with Crippen molar-refractivity contribution in [1.29, 1.82) is 0 Å². The molecule has 38 heavy (non-hydrogen) atoms. The fourth-order valence-electron chi connectivity index (χ4n) is 3.77. The minimum Gasteiger partial charge on any atom is -0.462 e. The minimum absolute atomic E-state index is 0.0561. The Labute approximate surface area is 225 Å². The van der Waals surface area contributed by atoms with Gasteiger partial charge in [-0.05, 0) is 48.4 Å². The Balaban J connectivity index is 1.43. The van der Waals surface area contributed by atoms with Gasteiger partial charge in [-0.15, -0.1) is 0 Å². The number of halogens is 1. The zero-order valence-electron chi connectivity index (χ0n) is 20.7. The van der Waals surface area contributed by atoms with Gasteiger partial charge in [0.25, 0.3) is 17.7 Å². The molecular formula is C29H26ClN3O5. The van der Waals surface area contributed by atoms with Gasteiger partial charge in [-0.3, -0.25) is 19.3 Å². The highest BCUT2D eigenvalue weighted by Crippen LogP contribution is 2.27. The van der Waals surface area contributed by atoms with E-state index in [4.69, 9.17) is 16.3 Å². The SMILES string of the molecule is CCCCOC(=O)c1cccc(NC(=O)c2cccc(NC3=C(Cl)C(=O)N(Cc4ccccc4)C3=O)c2)c1. The number of hydrogen-bond acceptors (Lipinski definition) is 6. The van der Waals surface area contributed by atoms with E-state index in [1.807, 2.05) is 37.3 Å². The third-order valence-electron chi connectivity index (χ3n) is 5.78. The van der Waals surface area contributed by atoms with Gasteiger partial charge in [-0.1, -0.05) is 67.4 Å². The lowest BCUT2D eigenvalue weighted by Crippen LogP contribution is -2.31. The summed E-state index contributed by atoms with van der Waals surface area (Å²) in [4.78, 5) is 51.8. The Kier molecular flexibility index (Phi) is 8.55. The number of nitrogens with one attached hydrogen (secondary N) is 2. The quantitative estimate of drug-likeness (QED) is 0.208. The first kappa shape index (κ1) is 26.6. The highest BCUT2D eigenvalue weighted by Gasteiger charge is 2.37. The van der Waals surface area contributed by atoms with Crippen LogP contribution in [0.25, 0.3) is 0 Å². The first-order valence-electron chi connectivity index (χ1n) is 12.1. The first-order valence-corrected chi connectivity index (χ1v) is 12.5. The first-order chi connectivity index (χ1) is 18.4. The molecule has 0 unspecified atom stereocenters. The summed E-state index contributed by atoms with van der Waals surface area (Å²) in [5, 5.41) is 5.43. The van der Waals surface area contributed by atoms with Gasteiger partial charge in [-0.2, -0.15) is 0 Å². The standard InChI is InChI=1S/C29H26ClN3O5/c1-2-3-15-38-29(37)21-12-8-14-23(17-21)32-26(34)20-11-7-13-22(16-20)31-25-24(30)27(35)33(28(25)36)18-19-9-5-4-6-10-19/h4-14,16-17,31H,2-3,15,18H2,1H3,(H,32,34). The monoisotopic (exact) mass is 531 g/mol. The number of nitrogens with zero attached hydrogens (tertiary/aromatic N) is 1. The highest BCUT2D eigenvalue weighted by molar-refractivity contribution is 6.48. The number of rotatable bonds is 10. The summed E-state index contributed by atoms with van der Waals surface area (Å²) < 4.78 is 5.23. The second-order valence-corrected chi connectivity index (χ2v) is 8.98. The maximum Gasteiger partial charge on any atom is 0.338 e. The molecule has 0 aliphatic carbocycles. The van der Waals surface area contributed by atoms with Crippen LogP contribution in [0.1, 0.15) is 46.0 Å². The number of esters is 1. The zero-order valence-corrected chi connectivity index (χ0v) is 21.5. The van der Waals surface area contributed by atoms with Crippen molar-refractivity contribution in [2.45, 2.75) is 26.3 Å². The molecule has 0 radical (unpaired) electrons. The van der Waals surface area contributed by atoms with Gasteiger partial charge in [0.1, 0.15) is 10.7 Å². The molecule has 0 fully saturated rings. The summed E-state index contributed by atoms with van der Waals surface area (Å²) in [6, 6.07) is 22.0. The Bertz CT molecular complexity index is 1400. The normalized spacial score (nSPS) is 13.1. The molecule has 0 bridgehead atoms. The summed E-state index contributed by atoms with van der Waals surface area (Å²) >= 11 is 6.21. The summed E-state index contributed by atoms with van der Waals surface area (Å²) in [6.07, 6.45) is 1.69. The molecule has 3 amide bonds. The molecule has 1 heterocycles. The van der Waals surface area contributed by atoms with Gasteiger partial charge in [0, 0.05) is 16.9 Å². The van der Waals surface area contributed by atoms with E-state index < -0.39 is 23.7 Å². The molecular weight excluding hydrogens is 506 g/mol. The third kappa shape index (κ3) is 6.27. The molecule has 3 aromatic carbocycles. The Morgan fingerprint density at radius 2 is 1.55 bits per heavy atom. The van der Waals surface area contributed by atoms with Crippen molar-refractivity contribution in [3.8, 4) is 0 Å². The summed E-state index contributed by atoms with van der Waals surface area (Å²) in [7, 11) is 0. The van der Waals surface area contributed by atoms with Gasteiger partial charge in [0.05, 0.1) is 18.7 Å². The van der Waals surface area contributed by atoms with Crippen molar-refractivity contribution < 1.29 is 23.9 Å². The largest absolute Gasteiger partial charge is 0.462 e. The van der Waals surface area contributed by atoms with Crippen LogP contribution in [0.5, 0.6) is 0 Å². The van der Waals surface area contributed by atoms with Gasteiger partial charge >= 0.3 is 5.97 Å². The second kappa shape index (κ2) is 12.2. The summed E-state index contributed by atoms with van der Waals surface area (Å²) in [5.74, 6) is -2.03. The van der Waals surface area contributed by atoms with Crippen LogP contribution in [0.4, 0.5) is 11.4 Å². The van der Waals surface area contributed by atoms with E-state index in [9.17, 15) is 19.2 Å². The van der Waals surface area contributed by atoms with Crippen LogP contribution < -0.4 is 10.6 Å². The molecule has 4 rings (SSSR count). The van der Waals surface area contributed by atoms with Crippen molar-refractivity contribution in [2.75, 3.05) is 17.2 Å².